The fourth-order valence-corrected chi connectivity index (χ4v) is 2.63. The second kappa shape index (κ2) is 11.2. The lowest BCUT2D eigenvalue weighted by Gasteiger charge is -2.17. The van der Waals surface area contributed by atoms with Crippen molar-refractivity contribution in [3.63, 3.8) is 0 Å². The average molecular weight is 369 g/mol. The Kier molecular flexibility index (Phi) is 8.65. The van der Waals surface area contributed by atoms with Crippen molar-refractivity contribution in [3.05, 3.63) is 65.7 Å². The maximum absolute atomic E-state index is 5.81. The molecule has 1 unspecified atom stereocenters. The fraction of sp³-hybridized carbons (Fsp3) is 0.409. The standard InChI is InChI=1S/C22H32N4O/c1-18(16-27-17-19-9-6-5-7-10-19)14-24-22(23-2)25-15-20-11-8-12-21(13-20)26(3)4/h5-13,18H,14-17H2,1-4H3,(H2,23,24,25). The minimum Gasteiger partial charge on any atom is -0.378 e. The van der Waals surface area contributed by atoms with Crippen molar-refractivity contribution in [2.24, 2.45) is 10.9 Å². The van der Waals surface area contributed by atoms with Gasteiger partial charge in [-0.3, -0.25) is 4.99 Å². The molecule has 146 valence electrons. The Bertz CT molecular complexity index is 700. The number of nitrogens with one attached hydrogen (secondary N) is 2. The van der Waals surface area contributed by atoms with Gasteiger partial charge in [-0.1, -0.05) is 49.4 Å². The Labute approximate surface area is 163 Å². The third kappa shape index (κ3) is 7.71. The van der Waals surface area contributed by atoms with Crippen molar-refractivity contribution in [2.75, 3.05) is 39.2 Å². The molecule has 0 bridgehead atoms. The smallest absolute Gasteiger partial charge is 0.191 e. The summed E-state index contributed by atoms with van der Waals surface area (Å²) in [5, 5.41) is 6.74. The highest BCUT2D eigenvalue weighted by atomic mass is 16.5. The largest absolute Gasteiger partial charge is 0.378 e. The van der Waals surface area contributed by atoms with Gasteiger partial charge in [0.15, 0.2) is 5.96 Å². The number of guanidine groups is 1. The number of hydrogen-bond donors (Lipinski definition) is 2. The number of ether oxygens (including phenoxy) is 1. The molecule has 0 amide bonds. The predicted octanol–water partition coefficient (Wildman–Crippen LogP) is 3.27. The zero-order valence-electron chi connectivity index (χ0n) is 16.9. The number of aliphatic imine (C=N–C) groups is 1. The van der Waals surface area contributed by atoms with Crippen LogP contribution in [0.2, 0.25) is 0 Å². The molecule has 2 rings (SSSR count). The molecule has 0 aliphatic heterocycles. The van der Waals surface area contributed by atoms with Gasteiger partial charge in [0.25, 0.3) is 0 Å². The topological polar surface area (TPSA) is 48.9 Å². The first-order chi connectivity index (χ1) is 13.1. The zero-order valence-corrected chi connectivity index (χ0v) is 16.9. The molecule has 5 nitrogen and oxygen atoms in total. The molecule has 5 heteroatoms. The van der Waals surface area contributed by atoms with E-state index in [-0.39, 0.29) is 0 Å². The molecule has 1 atom stereocenters. The highest BCUT2D eigenvalue weighted by Crippen LogP contribution is 2.13. The second-order valence-electron chi connectivity index (χ2n) is 6.98. The van der Waals surface area contributed by atoms with Crippen molar-refractivity contribution in [1.29, 1.82) is 0 Å². The van der Waals surface area contributed by atoms with Crippen molar-refractivity contribution >= 4 is 11.6 Å². The third-order valence-electron chi connectivity index (χ3n) is 4.24. The summed E-state index contributed by atoms with van der Waals surface area (Å²) in [7, 11) is 5.89. The van der Waals surface area contributed by atoms with Gasteiger partial charge in [-0.25, -0.2) is 0 Å². The Balaban J connectivity index is 1.69. The Morgan fingerprint density at radius 2 is 1.78 bits per heavy atom. The fourth-order valence-electron chi connectivity index (χ4n) is 2.63. The van der Waals surface area contributed by atoms with E-state index in [1.54, 1.807) is 7.05 Å². The first-order valence-corrected chi connectivity index (χ1v) is 9.41. The van der Waals surface area contributed by atoms with Crippen LogP contribution in [0.3, 0.4) is 0 Å². The van der Waals surface area contributed by atoms with Crippen LogP contribution in [-0.2, 0) is 17.9 Å². The Hall–Kier alpha value is -2.53. The maximum Gasteiger partial charge on any atom is 0.191 e. The van der Waals surface area contributed by atoms with Crippen LogP contribution in [0.4, 0.5) is 5.69 Å². The van der Waals surface area contributed by atoms with E-state index in [9.17, 15) is 0 Å². The summed E-state index contributed by atoms with van der Waals surface area (Å²) >= 11 is 0. The number of rotatable bonds is 9. The summed E-state index contributed by atoms with van der Waals surface area (Å²) < 4.78 is 5.81. The molecule has 2 N–H and O–H groups in total. The summed E-state index contributed by atoms with van der Waals surface area (Å²) in [5.74, 6) is 1.20. The van der Waals surface area contributed by atoms with Crippen molar-refractivity contribution in [2.45, 2.75) is 20.1 Å². The van der Waals surface area contributed by atoms with E-state index < -0.39 is 0 Å². The van der Waals surface area contributed by atoms with Crippen LogP contribution in [0.1, 0.15) is 18.1 Å². The molecule has 0 saturated carbocycles. The molecule has 27 heavy (non-hydrogen) atoms. The molecule has 0 aliphatic carbocycles. The highest BCUT2D eigenvalue weighted by Gasteiger charge is 2.05. The lowest BCUT2D eigenvalue weighted by atomic mass is 10.2. The summed E-state index contributed by atoms with van der Waals surface area (Å²) in [6, 6.07) is 18.7. The van der Waals surface area contributed by atoms with E-state index in [1.165, 1.54) is 16.8 Å². The first-order valence-electron chi connectivity index (χ1n) is 9.41. The van der Waals surface area contributed by atoms with Gasteiger partial charge >= 0.3 is 0 Å². The van der Waals surface area contributed by atoms with Gasteiger partial charge in [-0.05, 0) is 29.2 Å². The van der Waals surface area contributed by atoms with Crippen LogP contribution < -0.4 is 15.5 Å². The minimum atomic E-state index is 0.393. The van der Waals surface area contributed by atoms with Crippen LogP contribution in [0.15, 0.2) is 59.6 Å². The molecule has 0 heterocycles. The Morgan fingerprint density at radius 1 is 1.04 bits per heavy atom. The zero-order chi connectivity index (χ0) is 19.5. The second-order valence-corrected chi connectivity index (χ2v) is 6.98. The molecule has 0 radical (unpaired) electrons. The lowest BCUT2D eigenvalue weighted by Crippen LogP contribution is -2.39. The average Bonchev–Trinajstić information content (AvgIpc) is 2.69. The van der Waals surface area contributed by atoms with Gasteiger partial charge in [0, 0.05) is 39.9 Å². The number of nitrogens with zero attached hydrogens (tertiary/aromatic N) is 2. The van der Waals surface area contributed by atoms with Gasteiger partial charge in [-0.15, -0.1) is 0 Å². The summed E-state index contributed by atoms with van der Waals surface area (Å²) in [5.41, 5.74) is 3.62. The monoisotopic (exact) mass is 368 g/mol. The summed E-state index contributed by atoms with van der Waals surface area (Å²) in [6.45, 7) is 5.09. The van der Waals surface area contributed by atoms with Gasteiger partial charge in [0.1, 0.15) is 0 Å². The van der Waals surface area contributed by atoms with Crippen LogP contribution in [0, 0.1) is 5.92 Å². The number of benzene rings is 2. The summed E-state index contributed by atoms with van der Waals surface area (Å²) in [6.07, 6.45) is 0. The molecule has 0 aliphatic rings. The number of anilines is 1. The predicted molar refractivity (Wildman–Crippen MR) is 114 cm³/mol. The van der Waals surface area contributed by atoms with E-state index in [1.807, 2.05) is 32.3 Å². The maximum atomic E-state index is 5.81. The SMILES string of the molecule is CN=C(NCc1cccc(N(C)C)c1)NCC(C)COCc1ccccc1. The highest BCUT2D eigenvalue weighted by molar-refractivity contribution is 5.79. The van der Waals surface area contributed by atoms with Crippen LogP contribution in [-0.4, -0.2) is 40.3 Å². The lowest BCUT2D eigenvalue weighted by molar-refractivity contribution is 0.0931. The van der Waals surface area contributed by atoms with Gasteiger partial charge in [0.05, 0.1) is 13.2 Å². The van der Waals surface area contributed by atoms with Crippen molar-refractivity contribution in [1.82, 2.24) is 10.6 Å². The van der Waals surface area contributed by atoms with Gasteiger partial charge in [0.2, 0.25) is 0 Å². The van der Waals surface area contributed by atoms with E-state index in [2.05, 4.69) is 63.8 Å². The van der Waals surface area contributed by atoms with E-state index in [0.29, 0.717) is 19.1 Å². The quantitative estimate of drug-likeness (QED) is 0.527. The van der Waals surface area contributed by atoms with Gasteiger partial charge < -0.3 is 20.3 Å². The molecule has 0 aromatic heterocycles. The first kappa shape index (κ1) is 20.8. The molecular formula is C22H32N4O. The van der Waals surface area contributed by atoms with Crippen LogP contribution >= 0.6 is 0 Å². The third-order valence-corrected chi connectivity index (χ3v) is 4.24. The summed E-state index contributed by atoms with van der Waals surface area (Å²) in [4.78, 5) is 6.41. The van der Waals surface area contributed by atoms with Crippen molar-refractivity contribution < 1.29 is 4.74 Å². The van der Waals surface area contributed by atoms with Gasteiger partial charge in [-0.2, -0.15) is 0 Å². The van der Waals surface area contributed by atoms with E-state index >= 15 is 0 Å². The minimum absolute atomic E-state index is 0.393. The molecule has 0 fully saturated rings. The van der Waals surface area contributed by atoms with E-state index in [0.717, 1.165) is 19.0 Å². The molecule has 0 spiro atoms. The van der Waals surface area contributed by atoms with E-state index in [4.69, 9.17) is 4.74 Å². The van der Waals surface area contributed by atoms with Crippen molar-refractivity contribution in [3.8, 4) is 0 Å². The molecular weight excluding hydrogens is 336 g/mol. The normalized spacial score (nSPS) is 12.5. The number of hydrogen-bond acceptors (Lipinski definition) is 3. The molecule has 2 aromatic carbocycles. The molecule has 2 aromatic rings. The molecule has 0 saturated heterocycles. The Morgan fingerprint density at radius 3 is 2.48 bits per heavy atom. The van der Waals surface area contributed by atoms with Crippen LogP contribution in [0.25, 0.3) is 0 Å². The van der Waals surface area contributed by atoms with Crippen LogP contribution in [0.5, 0.6) is 0 Å².